The summed E-state index contributed by atoms with van der Waals surface area (Å²) in [6, 6.07) is 0. The number of halogens is 1. The van der Waals surface area contributed by atoms with E-state index in [-0.39, 0.29) is 10.0 Å². The van der Waals surface area contributed by atoms with Gasteiger partial charge in [0.2, 0.25) is 0 Å². The zero-order chi connectivity index (χ0) is 12.0. The minimum Gasteiger partial charge on any atom is -0.470 e. The first-order valence-corrected chi connectivity index (χ1v) is 5.86. The second kappa shape index (κ2) is 6.50. The number of carbonyl (C=O) groups is 1. The standard InChI is InChI=1S/C10H12ClNO3S/c1-3-4-5-6-15-10-12-8(11)7(16-10)9(13)14-2/h3H,1,4-6H2,2H3. The summed E-state index contributed by atoms with van der Waals surface area (Å²) in [5.41, 5.74) is 0. The normalized spacial score (nSPS) is 9.88. The summed E-state index contributed by atoms with van der Waals surface area (Å²) < 4.78 is 9.88. The topological polar surface area (TPSA) is 48.4 Å². The predicted octanol–water partition coefficient (Wildman–Crippen LogP) is 2.93. The first-order valence-electron chi connectivity index (χ1n) is 4.67. The summed E-state index contributed by atoms with van der Waals surface area (Å²) in [5, 5.41) is 0.505. The van der Waals surface area contributed by atoms with Gasteiger partial charge in [0.1, 0.15) is 0 Å². The van der Waals surface area contributed by atoms with Crippen molar-refractivity contribution in [2.45, 2.75) is 12.8 Å². The number of ether oxygens (including phenoxy) is 2. The van der Waals surface area contributed by atoms with Crippen LogP contribution in [-0.2, 0) is 4.74 Å². The fraction of sp³-hybridized carbons (Fsp3) is 0.400. The maximum Gasteiger partial charge on any atom is 0.351 e. The Balaban J connectivity index is 2.55. The minimum atomic E-state index is -0.497. The largest absolute Gasteiger partial charge is 0.470 e. The molecule has 1 rings (SSSR count). The Labute approximate surface area is 103 Å². The van der Waals surface area contributed by atoms with Gasteiger partial charge >= 0.3 is 5.97 Å². The van der Waals surface area contributed by atoms with Crippen molar-refractivity contribution < 1.29 is 14.3 Å². The number of allylic oxidation sites excluding steroid dienone is 1. The maximum atomic E-state index is 11.2. The number of rotatable bonds is 6. The van der Waals surface area contributed by atoms with Crippen LogP contribution in [-0.4, -0.2) is 24.7 Å². The van der Waals surface area contributed by atoms with Crippen molar-refractivity contribution in [3.63, 3.8) is 0 Å². The van der Waals surface area contributed by atoms with E-state index in [0.29, 0.717) is 11.8 Å². The van der Waals surface area contributed by atoms with Crippen LogP contribution in [0.4, 0.5) is 0 Å². The summed E-state index contributed by atoms with van der Waals surface area (Å²) in [5.74, 6) is -0.497. The molecule has 4 nitrogen and oxygen atoms in total. The molecule has 0 spiro atoms. The van der Waals surface area contributed by atoms with E-state index in [0.717, 1.165) is 24.2 Å². The van der Waals surface area contributed by atoms with E-state index in [4.69, 9.17) is 16.3 Å². The Morgan fingerprint density at radius 1 is 1.69 bits per heavy atom. The SMILES string of the molecule is C=CCCCOc1nc(Cl)c(C(=O)OC)s1. The van der Waals surface area contributed by atoms with E-state index in [1.807, 2.05) is 6.08 Å². The molecule has 0 aliphatic rings. The molecule has 0 aliphatic carbocycles. The summed E-state index contributed by atoms with van der Waals surface area (Å²) in [6.07, 6.45) is 3.55. The molecule has 0 amide bonds. The zero-order valence-electron chi connectivity index (χ0n) is 8.86. The van der Waals surface area contributed by atoms with Crippen molar-refractivity contribution in [3.05, 3.63) is 22.7 Å². The number of nitrogens with zero attached hydrogens (tertiary/aromatic N) is 1. The molecule has 0 saturated heterocycles. The molecular weight excluding hydrogens is 250 g/mol. The lowest BCUT2D eigenvalue weighted by Gasteiger charge is -1.98. The van der Waals surface area contributed by atoms with Crippen LogP contribution in [0.5, 0.6) is 5.19 Å². The van der Waals surface area contributed by atoms with Gasteiger partial charge in [0, 0.05) is 0 Å². The highest BCUT2D eigenvalue weighted by atomic mass is 35.5. The zero-order valence-corrected chi connectivity index (χ0v) is 10.4. The quantitative estimate of drug-likeness (QED) is 0.449. The Bertz CT molecular complexity index is 378. The predicted molar refractivity (Wildman–Crippen MR) is 63.4 cm³/mol. The monoisotopic (exact) mass is 261 g/mol. The van der Waals surface area contributed by atoms with E-state index in [2.05, 4.69) is 16.3 Å². The van der Waals surface area contributed by atoms with Crippen LogP contribution in [0.2, 0.25) is 5.15 Å². The smallest absolute Gasteiger partial charge is 0.351 e. The molecule has 0 atom stereocenters. The van der Waals surface area contributed by atoms with Gasteiger partial charge in [-0.1, -0.05) is 29.0 Å². The molecule has 0 fully saturated rings. The molecule has 0 radical (unpaired) electrons. The number of unbranched alkanes of at least 4 members (excludes halogenated alkanes) is 1. The second-order valence-corrected chi connectivity index (χ2v) is 4.19. The molecule has 1 aromatic heterocycles. The number of hydrogen-bond donors (Lipinski definition) is 0. The van der Waals surface area contributed by atoms with E-state index in [1.54, 1.807) is 0 Å². The van der Waals surface area contributed by atoms with Gasteiger partial charge in [0.15, 0.2) is 10.0 Å². The van der Waals surface area contributed by atoms with Gasteiger partial charge in [-0.05, 0) is 12.8 Å². The highest BCUT2D eigenvalue weighted by molar-refractivity contribution is 7.15. The lowest BCUT2D eigenvalue weighted by molar-refractivity contribution is 0.0606. The lowest BCUT2D eigenvalue weighted by Crippen LogP contribution is -1.98. The molecule has 0 bridgehead atoms. The first-order chi connectivity index (χ1) is 7.69. The van der Waals surface area contributed by atoms with Crippen LogP contribution in [0, 0.1) is 0 Å². The molecule has 1 heterocycles. The van der Waals surface area contributed by atoms with E-state index >= 15 is 0 Å². The van der Waals surface area contributed by atoms with Gasteiger partial charge in [-0.3, -0.25) is 0 Å². The summed E-state index contributed by atoms with van der Waals surface area (Å²) in [7, 11) is 1.29. The van der Waals surface area contributed by atoms with Gasteiger partial charge in [0.05, 0.1) is 13.7 Å². The molecular formula is C10H12ClNO3S. The van der Waals surface area contributed by atoms with Gasteiger partial charge in [-0.25, -0.2) is 4.79 Å². The van der Waals surface area contributed by atoms with Crippen molar-refractivity contribution >= 4 is 28.9 Å². The summed E-state index contributed by atoms with van der Waals surface area (Å²) in [4.78, 5) is 15.4. The van der Waals surface area contributed by atoms with Gasteiger partial charge in [-0.15, -0.1) is 6.58 Å². The van der Waals surface area contributed by atoms with Crippen LogP contribution in [0.1, 0.15) is 22.5 Å². The average molecular weight is 262 g/mol. The van der Waals surface area contributed by atoms with Crippen LogP contribution < -0.4 is 4.74 Å². The third-order valence-electron chi connectivity index (χ3n) is 1.72. The molecule has 0 N–H and O–H groups in total. The third kappa shape index (κ3) is 3.50. The van der Waals surface area contributed by atoms with Gasteiger partial charge in [-0.2, -0.15) is 4.98 Å². The number of aromatic nitrogens is 1. The van der Waals surface area contributed by atoms with Gasteiger partial charge in [0.25, 0.3) is 5.19 Å². The van der Waals surface area contributed by atoms with Crippen molar-refractivity contribution in [2.75, 3.05) is 13.7 Å². The molecule has 0 aromatic carbocycles. The van der Waals surface area contributed by atoms with E-state index in [9.17, 15) is 4.79 Å². The molecule has 0 saturated carbocycles. The minimum absolute atomic E-state index is 0.121. The second-order valence-electron chi connectivity index (χ2n) is 2.87. The lowest BCUT2D eigenvalue weighted by atomic mass is 10.3. The van der Waals surface area contributed by atoms with E-state index < -0.39 is 5.97 Å². The number of methoxy groups -OCH3 is 1. The molecule has 0 aliphatic heterocycles. The summed E-state index contributed by atoms with van der Waals surface area (Å²) in [6.45, 7) is 4.13. The highest BCUT2D eigenvalue weighted by Gasteiger charge is 2.17. The Morgan fingerprint density at radius 3 is 3.06 bits per heavy atom. The van der Waals surface area contributed by atoms with Crippen LogP contribution >= 0.6 is 22.9 Å². The number of esters is 1. The van der Waals surface area contributed by atoms with Crippen LogP contribution in [0.3, 0.4) is 0 Å². The maximum absolute atomic E-state index is 11.2. The van der Waals surface area contributed by atoms with E-state index in [1.165, 1.54) is 7.11 Å². The van der Waals surface area contributed by atoms with Crippen molar-refractivity contribution in [1.29, 1.82) is 0 Å². The fourth-order valence-corrected chi connectivity index (χ4v) is 2.02. The molecule has 88 valence electrons. The molecule has 6 heteroatoms. The molecule has 1 aromatic rings. The van der Waals surface area contributed by atoms with Crippen molar-refractivity contribution in [1.82, 2.24) is 4.98 Å². The molecule has 0 unspecified atom stereocenters. The number of hydrogen-bond acceptors (Lipinski definition) is 5. The Morgan fingerprint density at radius 2 is 2.44 bits per heavy atom. The fourth-order valence-electron chi connectivity index (χ4n) is 0.951. The number of carbonyl (C=O) groups excluding carboxylic acids is 1. The number of thiazole rings is 1. The third-order valence-corrected chi connectivity index (χ3v) is 3.05. The van der Waals surface area contributed by atoms with Crippen LogP contribution in [0.15, 0.2) is 12.7 Å². The summed E-state index contributed by atoms with van der Waals surface area (Å²) >= 11 is 6.85. The Kier molecular flexibility index (Phi) is 5.28. The first kappa shape index (κ1) is 13.0. The molecule has 16 heavy (non-hydrogen) atoms. The van der Waals surface area contributed by atoms with Crippen LogP contribution in [0.25, 0.3) is 0 Å². The van der Waals surface area contributed by atoms with Crippen molar-refractivity contribution in [2.24, 2.45) is 0 Å². The Hall–Kier alpha value is -1.07. The van der Waals surface area contributed by atoms with Crippen molar-refractivity contribution in [3.8, 4) is 5.19 Å². The highest BCUT2D eigenvalue weighted by Crippen LogP contribution is 2.29. The van der Waals surface area contributed by atoms with Gasteiger partial charge < -0.3 is 9.47 Å². The average Bonchev–Trinajstić information content (AvgIpc) is 2.65.